The lowest BCUT2D eigenvalue weighted by atomic mass is 9.76. The van der Waals surface area contributed by atoms with E-state index in [2.05, 4.69) is 106 Å². The van der Waals surface area contributed by atoms with Gasteiger partial charge in [-0.25, -0.2) is 0 Å². The van der Waals surface area contributed by atoms with E-state index < -0.39 is 0 Å². The molecule has 0 unspecified atom stereocenters. The molecule has 2 atom stereocenters. The molecule has 220 valence electrons. The molecule has 0 saturated heterocycles. The first-order valence-corrected chi connectivity index (χ1v) is 16.1. The van der Waals surface area contributed by atoms with Crippen molar-refractivity contribution in [3.05, 3.63) is 153 Å². The molecule has 0 amide bonds. The molecule has 0 spiro atoms. The smallest absolute Gasteiger partial charge is 0.175 e. The highest BCUT2D eigenvalue weighted by molar-refractivity contribution is 9.10. The number of benzene rings is 5. The Bertz CT molecular complexity index is 1700. The maximum absolute atomic E-state index is 6.16. The first kappa shape index (κ1) is 28.4. The normalized spacial score (nSPS) is 17.4. The molecule has 2 aliphatic rings. The number of hydrogen-bond acceptors (Lipinski definition) is 4. The highest BCUT2D eigenvalue weighted by atomic mass is 79.9. The fourth-order valence-electron chi connectivity index (χ4n) is 6.75. The maximum atomic E-state index is 6.16. The quantitative estimate of drug-likeness (QED) is 0.158. The zero-order valence-electron chi connectivity index (χ0n) is 24.8. The van der Waals surface area contributed by atoms with Gasteiger partial charge in [0.1, 0.15) is 6.61 Å². The molecule has 5 heteroatoms. The van der Waals surface area contributed by atoms with E-state index in [9.17, 15) is 0 Å². The largest absolute Gasteiger partial charge is 0.493 e. The van der Waals surface area contributed by atoms with Crippen LogP contribution < -0.4 is 14.4 Å². The first-order valence-electron chi connectivity index (χ1n) is 15.3. The van der Waals surface area contributed by atoms with Gasteiger partial charge in [0.05, 0.1) is 17.3 Å². The monoisotopic (exact) mass is 642 g/mol. The van der Waals surface area contributed by atoms with E-state index in [4.69, 9.17) is 14.5 Å². The van der Waals surface area contributed by atoms with Crippen LogP contribution in [-0.2, 0) is 6.61 Å². The molecule has 0 radical (unpaired) electrons. The Kier molecular flexibility index (Phi) is 8.21. The summed E-state index contributed by atoms with van der Waals surface area (Å²) in [6.07, 6.45) is 4.14. The van der Waals surface area contributed by atoms with Crippen molar-refractivity contribution in [1.82, 2.24) is 0 Å². The Labute approximate surface area is 268 Å². The molecular weight excluding hydrogens is 608 g/mol. The molecule has 5 aromatic carbocycles. The van der Waals surface area contributed by atoms with Gasteiger partial charge < -0.3 is 14.4 Å². The summed E-state index contributed by atoms with van der Waals surface area (Å²) in [6, 6.07) is 40.7. The average molecular weight is 644 g/mol. The molecule has 2 aliphatic heterocycles. The van der Waals surface area contributed by atoms with E-state index in [-0.39, 0.29) is 0 Å². The zero-order chi connectivity index (χ0) is 29.9. The Morgan fingerprint density at radius 2 is 1.34 bits per heavy atom. The number of hydrogen-bond donors (Lipinski definition) is 0. The van der Waals surface area contributed by atoms with Gasteiger partial charge in [0.2, 0.25) is 0 Å². The van der Waals surface area contributed by atoms with Gasteiger partial charge in [-0.3, -0.25) is 4.99 Å². The van der Waals surface area contributed by atoms with E-state index in [0.29, 0.717) is 29.9 Å². The van der Waals surface area contributed by atoms with Gasteiger partial charge in [-0.05, 0) is 86.4 Å². The highest BCUT2D eigenvalue weighted by Gasteiger charge is 2.35. The molecule has 0 N–H and O–H groups in total. The van der Waals surface area contributed by atoms with Crippen LogP contribution in [0.5, 0.6) is 11.5 Å². The van der Waals surface area contributed by atoms with Gasteiger partial charge in [0.25, 0.3) is 0 Å². The van der Waals surface area contributed by atoms with E-state index in [1.807, 2.05) is 36.5 Å². The molecule has 2 heterocycles. The van der Waals surface area contributed by atoms with Gasteiger partial charge in [0, 0.05) is 36.8 Å². The van der Waals surface area contributed by atoms with Gasteiger partial charge in [-0.2, -0.15) is 0 Å². The van der Waals surface area contributed by atoms with E-state index in [1.54, 1.807) is 7.11 Å². The van der Waals surface area contributed by atoms with Crippen LogP contribution in [0.15, 0.2) is 125 Å². The fourth-order valence-corrected chi connectivity index (χ4v) is 7.32. The summed E-state index contributed by atoms with van der Waals surface area (Å²) in [6.45, 7) is 2.62. The summed E-state index contributed by atoms with van der Waals surface area (Å²) >= 11 is 3.72. The van der Waals surface area contributed by atoms with E-state index >= 15 is 0 Å². The third-order valence-corrected chi connectivity index (χ3v) is 9.43. The topological polar surface area (TPSA) is 34.1 Å². The number of ether oxygens (including phenoxy) is 2. The van der Waals surface area contributed by atoms with E-state index in [0.717, 1.165) is 47.2 Å². The van der Waals surface area contributed by atoms with Crippen molar-refractivity contribution < 1.29 is 9.47 Å². The molecular formula is C39H35BrN2O2. The van der Waals surface area contributed by atoms with Crippen LogP contribution in [0.3, 0.4) is 0 Å². The number of aliphatic imine (C=N–C) groups is 1. The second-order valence-corrected chi connectivity index (χ2v) is 12.4. The number of nitrogens with zero attached hydrogens (tertiary/aromatic N) is 2. The van der Waals surface area contributed by atoms with Crippen LogP contribution in [0.4, 0.5) is 11.4 Å². The molecule has 0 aromatic heterocycles. The van der Waals surface area contributed by atoms with Gasteiger partial charge in [0.15, 0.2) is 11.5 Å². The van der Waals surface area contributed by atoms with Gasteiger partial charge in [-0.1, -0.05) is 91.0 Å². The summed E-state index contributed by atoms with van der Waals surface area (Å²) in [5, 5.41) is 0. The Morgan fingerprint density at radius 3 is 1.91 bits per heavy atom. The minimum Gasteiger partial charge on any atom is -0.493 e. The molecule has 0 saturated carbocycles. The van der Waals surface area contributed by atoms with Crippen molar-refractivity contribution in [2.75, 3.05) is 25.1 Å². The summed E-state index contributed by atoms with van der Waals surface area (Å²) < 4.78 is 12.7. The van der Waals surface area contributed by atoms with Crippen LogP contribution in [-0.4, -0.2) is 26.4 Å². The van der Waals surface area contributed by atoms with Crippen molar-refractivity contribution in [2.45, 2.75) is 31.3 Å². The number of anilines is 1. The predicted molar refractivity (Wildman–Crippen MR) is 183 cm³/mol. The Balaban J connectivity index is 1.26. The lowest BCUT2D eigenvalue weighted by Crippen LogP contribution is -2.37. The van der Waals surface area contributed by atoms with Crippen LogP contribution in [0.1, 0.15) is 58.1 Å². The zero-order valence-corrected chi connectivity index (χ0v) is 26.4. The molecule has 44 heavy (non-hydrogen) atoms. The van der Waals surface area contributed by atoms with Crippen molar-refractivity contribution >= 4 is 33.5 Å². The van der Waals surface area contributed by atoms with Crippen molar-refractivity contribution in [1.29, 1.82) is 0 Å². The minimum atomic E-state index is 0.348. The molecule has 0 aliphatic carbocycles. The van der Waals surface area contributed by atoms with Gasteiger partial charge >= 0.3 is 0 Å². The summed E-state index contributed by atoms with van der Waals surface area (Å²) in [4.78, 5) is 7.68. The first-order chi connectivity index (χ1) is 21.7. The standard InChI is InChI=1S/C39H35BrN2O2/c1-43-37-22-28(21-36(40)39(37)44-26-27-11-5-2-6-12-27)25-41-31-23-34-32(29-13-7-3-8-14-29)17-19-42-20-18-33(35(24-31)38(34)42)30-15-9-4-10-16-30/h2-16,21-25,32-33H,17-20,26H2,1H3/t32-,33-/m1/s1. The van der Waals surface area contributed by atoms with Crippen molar-refractivity contribution in [3.8, 4) is 11.5 Å². The maximum Gasteiger partial charge on any atom is 0.175 e. The fraction of sp³-hybridized carbons (Fsp3) is 0.205. The Morgan fingerprint density at radius 1 is 0.773 bits per heavy atom. The van der Waals surface area contributed by atoms with Gasteiger partial charge in [-0.15, -0.1) is 0 Å². The molecule has 0 bridgehead atoms. The SMILES string of the molecule is COc1cc(C=Nc2cc3c4c(c2)[C@@H](c2ccccc2)CCN4CC[C@@H]3c2ccccc2)cc(Br)c1OCc1ccccc1. The number of methoxy groups -OCH3 is 1. The van der Waals surface area contributed by atoms with Crippen LogP contribution in [0, 0.1) is 0 Å². The third-order valence-electron chi connectivity index (χ3n) is 8.84. The third kappa shape index (κ3) is 5.77. The van der Waals surface area contributed by atoms with Crippen LogP contribution >= 0.6 is 15.9 Å². The molecule has 7 rings (SSSR count). The number of halogens is 1. The van der Waals surface area contributed by atoms with Crippen molar-refractivity contribution in [2.24, 2.45) is 4.99 Å². The lowest BCUT2D eigenvalue weighted by Gasteiger charge is -2.43. The second-order valence-electron chi connectivity index (χ2n) is 11.5. The van der Waals surface area contributed by atoms with Crippen LogP contribution in [0.2, 0.25) is 0 Å². The minimum absolute atomic E-state index is 0.348. The Hall–Kier alpha value is -4.35. The summed E-state index contributed by atoms with van der Waals surface area (Å²) in [5.74, 6) is 2.05. The number of rotatable bonds is 8. The van der Waals surface area contributed by atoms with E-state index in [1.165, 1.54) is 27.9 Å². The average Bonchev–Trinajstić information content (AvgIpc) is 3.08. The highest BCUT2D eigenvalue weighted by Crippen LogP contribution is 2.50. The molecule has 4 nitrogen and oxygen atoms in total. The summed E-state index contributed by atoms with van der Waals surface area (Å²) in [7, 11) is 1.67. The summed E-state index contributed by atoms with van der Waals surface area (Å²) in [5.41, 5.74) is 9.94. The lowest BCUT2D eigenvalue weighted by molar-refractivity contribution is 0.282. The van der Waals surface area contributed by atoms with Crippen molar-refractivity contribution in [3.63, 3.8) is 0 Å². The van der Waals surface area contributed by atoms with Crippen LogP contribution in [0.25, 0.3) is 0 Å². The second kappa shape index (κ2) is 12.7. The predicted octanol–water partition coefficient (Wildman–Crippen LogP) is 9.66. The molecule has 5 aromatic rings. The molecule has 0 fully saturated rings.